The van der Waals surface area contributed by atoms with Gasteiger partial charge in [0.25, 0.3) is 0 Å². The Balaban J connectivity index is 1.86. The number of hydrogen-bond donors (Lipinski definition) is 1. The first-order chi connectivity index (χ1) is 9.65. The lowest BCUT2D eigenvalue weighted by atomic mass is 10.2. The predicted molar refractivity (Wildman–Crippen MR) is 83.7 cm³/mol. The number of anilines is 1. The number of hydrogen-bond acceptors (Lipinski definition) is 3. The van der Waals surface area contributed by atoms with E-state index in [-0.39, 0.29) is 5.75 Å². The van der Waals surface area contributed by atoms with Crippen molar-refractivity contribution in [2.45, 2.75) is 32.6 Å². The van der Waals surface area contributed by atoms with E-state index in [4.69, 9.17) is 0 Å². The molecule has 0 spiro atoms. The average molecular weight is 296 g/mol. The van der Waals surface area contributed by atoms with Gasteiger partial charge in [-0.1, -0.05) is 25.1 Å². The topological polar surface area (TPSA) is 49.4 Å². The Labute approximate surface area is 122 Å². The zero-order chi connectivity index (χ0) is 14.4. The standard InChI is InChI=1S/C15H24N2O2S/c1-2-10-16-11-5-6-13-20(18,19)17-12-9-14-7-3-4-8-15(14)17/h3-4,7-8,16H,2,5-6,9-13H2,1H3. The van der Waals surface area contributed by atoms with E-state index in [0.29, 0.717) is 6.54 Å². The van der Waals surface area contributed by atoms with Gasteiger partial charge in [0.1, 0.15) is 0 Å². The van der Waals surface area contributed by atoms with Crippen LogP contribution in [0, 0.1) is 0 Å². The van der Waals surface area contributed by atoms with Crippen molar-refractivity contribution in [3.05, 3.63) is 29.8 Å². The molecule has 1 aliphatic heterocycles. The monoisotopic (exact) mass is 296 g/mol. The third-order valence-electron chi connectivity index (χ3n) is 3.61. The number of unbranched alkanes of at least 4 members (excludes halogenated alkanes) is 1. The van der Waals surface area contributed by atoms with Gasteiger partial charge in [-0.3, -0.25) is 4.31 Å². The summed E-state index contributed by atoms with van der Waals surface area (Å²) in [5.41, 5.74) is 2.01. The quantitative estimate of drug-likeness (QED) is 0.748. The summed E-state index contributed by atoms with van der Waals surface area (Å²) in [5.74, 6) is 0.245. The fraction of sp³-hybridized carbons (Fsp3) is 0.600. The van der Waals surface area contributed by atoms with Crippen LogP contribution in [0.5, 0.6) is 0 Å². The molecule has 5 heteroatoms. The second-order valence-corrected chi connectivity index (χ2v) is 7.24. The number of sulfonamides is 1. The van der Waals surface area contributed by atoms with Crippen LogP contribution in [0.15, 0.2) is 24.3 Å². The molecule has 20 heavy (non-hydrogen) atoms. The fourth-order valence-corrected chi connectivity index (χ4v) is 4.18. The van der Waals surface area contributed by atoms with Gasteiger partial charge in [0.05, 0.1) is 11.4 Å². The molecule has 0 radical (unpaired) electrons. The Morgan fingerprint density at radius 3 is 2.80 bits per heavy atom. The number of nitrogens with zero attached hydrogens (tertiary/aromatic N) is 1. The Bertz CT molecular complexity index is 528. The van der Waals surface area contributed by atoms with E-state index in [1.165, 1.54) is 0 Å². The van der Waals surface area contributed by atoms with E-state index in [1.54, 1.807) is 4.31 Å². The summed E-state index contributed by atoms with van der Waals surface area (Å²) in [6.45, 7) is 4.63. The maximum absolute atomic E-state index is 12.4. The summed E-state index contributed by atoms with van der Waals surface area (Å²) >= 11 is 0. The number of para-hydroxylation sites is 1. The third kappa shape index (κ3) is 3.73. The van der Waals surface area contributed by atoms with Crippen molar-refractivity contribution in [2.75, 3.05) is 29.7 Å². The highest BCUT2D eigenvalue weighted by Crippen LogP contribution is 2.30. The van der Waals surface area contributed by atoms with Gasteiger partial charge >= 0.3 is 0 Å². The Morgan fingerprint density at radius 2 is 2.00 bits per heavy atom. The molecule has 0 aromatic heterocycles. The summed E-state index contributed by atoms with van der Waals surface area (Å²) in [4.78, 5) is 0. The lowest BCUT2D eigenvalue weighted by Crippen LogP contribution is -2.31. The normalized spacial score (nSPS) is 14.6. The number of fused-ring (bicyclic) bond motifs is 1. The Hall–Kier alpha value is -1.07. The Kier molecular flexibility index (Phi) is 5.43. The highest BCUT2D eigenvalue weighted by Gasteiger charge is 2.28. The summed E-state index contributed by atoms with van der Waals surface area (Å²) < 4.78 is 26.4. The molecule has 0 fully saturated rings. The molecule has 0 bridgehead atoms. The van der Waals surface area contributed by atoms with Crippen LogP contribution in [-0.2, 0) is 16.4 Å². The summed E-state index contributed by atoms with van der Waals surface area (Å²) in [5, 5.41) is 3.30. The van der Waals surface area contributed by atoms with Crippen LogP contribution < -0.4 is 9.62 Å². The van der Waals surface area contributed by atoms with Crippen LogP contribution >= 0.6 is 0 Å². The van der Waals surface area contributed by atoms with Gasteiger partial charge in [0.15, 0.2) is 0 Å². The summed E-state index contributed by atoms with van der Waals surface area (Å²) in [7, 11) is -3.16. The van der Waals surface area contributed by atoms with Gasteiger partial charge in [-0.2, -0.15) is 0 Å². The molecule has 1 aromatic carbocycles. The van der Waals surface area contributed by atoms with Crippen LogP contribution in [0.1, 0.15) is 31.7 Å². The molecule has 1 heterocycles. The molecule has 2 rings (SSSR count). The molecule has 1 N–H and O–H groups in total. The van der Waals surface area contributed by atoms with Crippen molar-refractivity contribution >= 4 is 15.7 Å². The highest BCUT2D eigenvalue weighted by atomic mass is 32.2. The predicted octanol–water partition coefficient (Wildman–Crippen LogP) is 2.16. The lowest BCUT2D eigenvalue weighted by Gasteiger charge is -2.19. The second kappa shape index (κ2) is 7.09. The highest BCUT2D eigenvalue weighted by molar-refractivity contribution is 7.92. The summed E-state index contributed by atoms with van der Waals surface area (Å²) in [6.07, 6.45) is 3.57. The fourth-order valence-electron chi connectivity index (χ4n) is 2.54. The minimum Gasteiger partial charge on any atom is -0.317 e. The van der Waals surface area contributed by atoms with E-state index in [0.717, 1.165) is 50.0 Å². The van der Waals surface area contributed by atoms with Crippen LogP contribution in [0.2, 0.25) is 0 Å². The SMILES string of the molecule is CCCNCCCCS(=O)(=O)N1CCc2ccccc21. The zero-order valence-corrected chi connectivity index (χ0v) is 13.0. The summed E-state index contributed by atoms with van der Waals surface area (Å²) in [6, 6.07) is 7.79. The van der Waals surface area contributed by atoms with Crippen LogP contribution in [0.25, 0.3) is 0 Å². The van der Waals surface area contributed by atoms with Gasteiger partial charge in [-0.05, 0) is 50.4 Å². The smallest absolute Gasteiger partial charge is 0.235 e. The first-order valence-electron chi connectivity index (χ1n) is 7.44. The molecule has 0 saturated heterocycles. The minimum atomic E-state index is -3.16. The van der Waals surface area contributed by atoms with E-state index >= 15 is 0 Å². The van der Waals surface area contributed by atoms with E-state index < -0.39 is 10.0 Å². The van der Waals surface area contributed by atoms with Crippen LogP contribution in [0.3, 0.4) is 0 Å². The van der Waals surface area contributed by atoms with Crippen molar-refractivity contribution in [3.8, 4) is 0 Å². The molecular formula is C15H24N2O2S. The number of nitrogens with one attached hydrogen (secondary N) is 1. The second-order valence-electron chi connectivity index (χ2n) is 5.22. The van der Waals surface area contributed by atoms with Crippen molar-refractivity contribution in [2.24, 2.45) is 0 Å². The van der Waals surface area contributed by atoms with Gasteiger partial charge in [-0.25, -0.2) is 8.42 Å². The van der Waals surface area contributed by atoms with Crippen molar-refractivity contribution < 1.29 is 8.42 Å². The van der Waals surface area contributed by atoms with Gasteiger partial charge in [0.2, 0.25) is 10.0 Å². The van der Waals surface area contributed by atoms with Crippen molar-refractivity contribution in [3.63, 3.8) is 0 Å². The zero-order valence-electron chi connectivity index (χ0n) is 12.1. The molecule has 0 saturated carbocycles. The van der Waals surface area contributed by atoms with Gasteiger partial charge in [-0.15, -0.1) is 0 Å². The molecular weight excluding hydrogens is 272 g/mol. The van der Waals surface area contributed by atoms with Crippen LogP contribution in [0.4, 0.5) is 5.69 Å². The third-order valence-corrected chi connectivity index (χ3v) is 5.47. The van der Waals surface area contributed by atoms with Crippen molar-refractivity contribution in [1.29, 1.82) is 0 Å². The molecule has 0 atom stereocenters. The number of rotatable bonds is 8. The average Bonchev–Trinajstić information content (AvgIpc) is 2.87. The maximum atomic E-state index is 12.4. The van der Waals surface area contributed by atoms with Gasteiger partial charge < -0.3 is 5.32 Å². The first kappa shape index (κ1) is 15.3. The van der Waals surface area contributed by atoms with Gasteiger partial charge in [0, 0.05) is 6.54 Å². The van der Waals surface area contributed by atoms with E-state index in [1.807, 2.05) is 24.3 Å². The molecule has 4 nitrogen and oxygen atoms in total. The molecule has 1 aliphatic rings. The first-order valence-corrected chi connectivity index (χ1v) is 9.05. The van der Waals surface area contributed by atoms with Crippen molar-refractivity contribution in [1.82, 2.24) is 5.32 Å². The largest absolute Gasteiger partial charge is 0.317 e. The van der Waals surface area contributed by atoms with E-state index in [9.17, 15) is 8.42 Å². The molecule has 112 valence electrons. The molecule has 1 aromatic rings. The molecule has 0 aliphatic carbocycles. The Morgan fingerprint density at radius 1 is 1.20 bits per heavy atom. The van der Waals surface area contributed by atoms with Crippen LogP contribution in [-0.4, -0.2) is 33.8 Å². The maximum Gasteiger partial charge on any atom is 0.235 e. The lowest BCUT2D eigenvalue weighted by molar-refractivity contribution is 0.582. The molecule has 0 amide bonds. The molecule has 0 unspecified atom stereocenters. The number of benzene rings is 1. The minimum absolute atomic E-state index is 0.245. The van der Waals surface area contributed by atoms with E-state index in [2.05, 4.69) is 12.2 Å².